The molecule has 0 spiro atoms. The van der Waals surface area contributed by atoms with E-state index in [2.05, 4.69) is 35.0 Å². The molecule has 2 aromatic rings. The van der Waals surface area contributed by atoms with E-state index in [0.717, 1.165) is 33.5 Å². The zero-order valence-electron chi connectivity index (χ0n) is 11.9. The quantitative estimate of drug-likeness (QED) is 0.893. The number of fused-ring (bicyclic) bond motifs is 1. The molecular formula is C17H18BrNO2. The van der Waals surface area contributed by atoms with Gasteiger partial charge >= 0.3 is 0 Å². The van der Waals surface area contributed by atoms with Crippen LogP contribution in [0.1, 0.15) is 29.2 Å². The molecule has 0 saturated heterocycles. The van der Waals surface area contributed by atoms with Gasteiger partial charge in [-0.15, -0.1) is 0 Å². The minimum atomic E-state index is -0.197. The Morgan fingerprint density at radius 2 is 1.71 bits per heavy atom. The number of halogens is 1. The van der Waals surface area contributed by atoms with Crippen molar-refractivity contribution in [3.8, 4) is 11.5 Å². The maximum Gasteiger partial charge on any atom is 0.162 e. The number of hydrogen-bond donors (Lipinski definition) is 1. The van der Waals surface area contributed by atoms with E-state index in [-0.39, 0.29) is 6.04 Å². The summed E-state index contributed by atoms with van der Waals surface area (Å²) in [6, 6.07) is 11.9. The molecule has 0 radical (unpaired) electrons. The van der Waals surface area contributed by atoms with Crippen molar-refractivity contribution in [2.24, 2.45) is 5.73 Å². The molecule has 0 aliphatic carbocycles. The molecule has 2 N–H and O–H groups in total. The van der Waals surface area contributed by atoms with Crippen LogP contribution in [0.3, 0.4) is 0 Å². The minimum Gasteiger partial charge on any atom is -0.490 e. The molecule has 3 rings (SSSR count). The molecule has 4 heteroatoms. The van der Waals surface area contributed by atoms with E-state index >= 15 is 0 Å². The molecule has 0 aromatic heterocycles. The van der Waals surface area contributed by atoms with Gasteiger partial charge in [-0.25, -0.2) is 0 Å². The molecular weight excluding hydrogens is 330 g/mol. The monoisotopic (exact) mass is 347 g/mol. The van der Waals surface area contributed by atoms with Crippen molar-refractivity contribution in [3.05, 3.63) is 57.6 Å². The fraction of sp³-hybridized carbons (Fsp3) is 0.294. The molecule has 0 bridgehead atoms. The van der Waals surface area contributed by atoms with Gasteiger partial charge in [0.15, 0.2) is 11.5 Å². The maximum atomic E-state index is 6.46. The molecule has 110 valence electrons. The first-order valence-corrected chi connectivity index (χ1v) is 7.86. The average molecular weight is 348 g/mol. The molecule has 21 heavy (non-hydrogen) atoms. The van der Waals surface area contributed by atoms with Crippen LogP contribution in [-0.2, 0) is 0 Å². The standard InChI is InChI=1S/C17H18BrNO2/c1-11-5-2-3-6-12(11)17(19)13-9-15-16(10-14(13)18)21-8-4-7-20-15/h2-3,5-6,9-10,17H,4,7-8,19H2,1H3. The largest absolute Gasteiger partial charge is 0.490 e. The van der Waals surface area contributed by atoms with Gasteiger partial charge < -0.3 is 15.2 Å². The topological polar surface area (TPSA) is 44.5 Å². The summed E-state index contributed by atoms with van der Waals surface area (Å²) in [4.78, 5) is 0. The third-order valence-electron chi connectivity index (χ3n) is 3.73. The third kappa shape index (κ3) is 2.92. The molecule has 3 nitrogen and oxygen atoms in total. The number of aryl methyl sites for hydroxylation is 1. The minimum absolute atomic E-state index is 0.197. The van der Waals surface area contributed by atoms with E-state index in [0.29, 0.717) is 13.2 Å². The van der Waals surface area contributed by atoms with E-state index in [1.807, 2.05) is 24.3 Å². The van der Waals surface area contributed by atoms with Gasteiger partial charge in [-0.3, -0.25) is 0 Å². The van der Waals surface area contributed by atoms with Crippen molar-refractivity contribution in [2.45, 2.75) is 19.4 Å². The zero-order valence-corrected chi connectivity index (χ0v) is 13.5. The highest BCUT2D eigenvalue weighted by Gasteiger charge is 2.19. The van der Waals surface area contributed by atoms with Crippen LogP contribution in [0.2, 0.25) is 0 Å². The second-order valence-electron chi connectivity index (χ2n) is 5.21. The molecule has 1 aliphatic heterocycles. The first kappa shape index (κ1) is 14.4. The smallest absolute Gasteiger partial charge is 0.162 e. The number of rotatable bonds is 2. The van der Waals surface area contributed by atoms with Crippen molar-refractivity contribution in [1.82, 2.24) is 0 Å². The Morgan fingerprint density at radius 1 is 1.05 bits per heavy atom. The fourth-order valence-corrected chi connectivity index (χ4v) is 3.11. The van der Waals surface area contributed by atoms with Gasteiger partial charge in [-0.1, -0.05) is 40.2 Å². The third-order valence-corrected chi connectivity index (χ3v) is 4.41. The van der Waals surface area contributed by atoms with Gasteiger partial charge in [-0.05, 0) is 35.7 Å². The number of nitrogens with two attached hydrogens (primary N) is 1. The Bertz CT molecular complexity index is 657. The van der Waals surface area contributed by atoms with Gasteiger partial charge in [0.2, 0.25) is 0 Å². The summed E-state index contributed by atoms with van der Waals surface area (Å²) in [5.74, 6) is 1.55. The molecule has 1 heterocycles. The lowest BCUT2D eigenvalue weighted by Gasteiger charge is -2.19. The summed E-state index contributed by atoms with van der Waals surface area (Å²) in [6.07, 6.45) is 0.894. The lowest BCUT2D eigenvalue weighted by molar-refractivity contribution is 0.297. The van der Waals surface area contributed by atoms with Crippen molar-refractivity contribution in [3.63, 3.8) is 0 Å². The van der Waals surface area contributed by atoms with Gasteiger partial charge in [-0.2, -0.15) is 0 Å². The van der Waals surface area contributed by atoms with Crippen LogP contribution in [0.5, 0.6) is 11.5 Å². The first-order chi connectivity index (χ1) is 10.2. The van der Waals surface area contributed by atoms with Crippen molar-refractivity contribution >= 4 is 15.9 Å². The van der Waals surface area contributed by atoms with Crippen LogP contribution in [0.25, 0.3) is 0 Å². The van der Waals surface area contributed by atoms with Crippen LogP contribution in [-0.4, -0.2) is 13.2 Å². The Balaban J connectivity index is 2.02. The highest BCUT2D eigenvalue weighted by molar-refractivity contribution is 9.10. The molecule has 0 saturated carbocycles. The van der Waals surface area contributed by atoms with E-state index in [1.54, 1.807) is 0 Å². The highest BCUT2D eigenvalue weighted by atomic mass is 79.9. The number of hydrogen-bond acceptors (Lipinski definition) is 3. The van der Waals surface area contributed by atoms with Gasteiger partial charge in [0.25, 0.3) is 0 Å². The summed E-state index contributed by atoms with van der Waals surface area (Å²) in [7, 11) is 0. The Kier molecular flexibility index (Phi) is 4.17. The predicted octanol–water partition coefficient (Wildman–Crippen LogP) is 3.97. The second kappa shape index (κ2) is 6.08. The lowest BCUT2D eigenvalue weighted by Crippen LogP contribution is -2.14. The van der Waals surface area contributed by atoms with Crippen molar-refractivity contribution in [1.29, 1.82) is 0 Å². The normalized spacial score (nSPS) is 15.4. The average Bonchev–Trinajstić information content (AvgIpc) is 2.71. The van der Waals surface area contributed by atoms with Crippen molar-refractivity contribution < 1.29 is 9.47 Å². The highest BCUT2D eigenvalue weighted by Crippen LogP contribution is 2.38. The molecule has 0 amide bonds. The molecule has 2 aromatic carbocycles. The Labute approximate surface area is 133 Å². The summed E-state index contributed by atoms with van der Waals surface area (Å²) in [5.41, 5.74) is 9.77. The summed E-state index contributed by atoms with van der Waals surface area (Å²) in [6.45, 7) is 3.43. The van der Waals surface area contributed by atoms with Crippen LogP contribution in [0.4, 0.5) is 0 Å². The Morgan fingerprint density at radius 3 is 2.43 bits per heavy atom. The molecule has 1 aliphatic rings. The maximum absolute atomic E-state index is 6.46. The summed E-state index contributed by atoms with van der Waals surface area (Å²) in [5, 5.41) is 0. The van der Waals surface area contributed by atoms with Crippen LogP contribution >= 0.6 is 15.9 Å². The lowest BCUT2D eigenvalue weighted by atomic mass is 9.95. The van der Waals surface area contributed by atoms with E-state index in [1.165, 1.54) is 5.56 Å². The fourth-order valence-electron chi connectivity index (χ4n) is 2.54. The first-order valence-electron chi connectivity index (χ1n) is 7.07. The van der Waals surface area contributed by atoms with Crippen molar-refractivity contribution in [2.75, 3.05) is 13.2 Å². The molecule has 1 unspecified atom stereocenters. The zero-order chi connectivity index (χ0) is 14.8. The Hall–Kier alpha value is -1.52. The molecule has 0 fully saturated rings. The molecule has 1 atom stereocenters. The second-order valence-corrected chi connectivity index (χ2v) is 6.06. The number of benzene rings is 2. The summed E-state index contributed by atoms with van der Waals surface area (Å²) < 4.78 is 12.4. The van der Waals surface area contributed by atoms with Gasteiger partial charge in [0.05, 0.1) is 19.3 Å². The van der Waals surface area contributed by atoms with Crippen LogP contribution in [0.15, 0.2) is 40.9 Å². The summed E-state index contributed by atoms with van der Waals surface area (Å²) >= 11 is 3.61. The van der Waals surface area contributed by atoms with E-state index in [9.17, 15) is 0 Å². The SMILES string of the molecule is Cc1ccccc1C(N)c1cc2c(cc1Br)OCCCO2. The predicted molar refractivity (Wildman–Crippen MR) is 87.0 cm³/mol. The van der Waals surface area contributed by atoms with Crippen LogP contribution < -0.4 is 15.2 Å². The van der Waals surface area contributed by atoms with E-state index in [4.69, 9.17) is 15.2 Å². The van der Waals surface area contributed by atoms with Gasteiger partial charge in [0.1, 0.15) is 0 Å². The van der Waals surface area contributed by atoms with E-state index < -0.39 is 0 Å². The number of ether oxygens (including phenoxy) is 2. The van der Waals surface area contributed by atoms with Crippen LogP contribution in [0, 0.1) is 6.92 Å². The van der Waals surface area contributed by atoms with Gasteiger partial charge in [0, 0.05) is 10.9 Å².